The number of halogens is 3. The summed E-state index contributed by atoms with van der Waals surface area (Å²) in [6.07, 6.45) is 5.74. The molecule has 0 aromatic heterocycles. The molecule has 110 valence electrons. The second-order valence-corrected chi connectivity index (χ2v) is 6.84. The second kappa shape index (κ2) is 4.70. The first-order valence-corrected chi connectivity index (χ1v) is 7.26. The number of aliphatic imine (C=N–C) groups is 1. The van der Waals surface area contributed by atoms with Crippen molar-refractivity contribution in [2.24, 2.45) is 16.6 Å². The van der Waals surface area contributed by atoms with Gasteiger partial charge in [-0.15, -0.1) is 6.42 Å². The summed E-state index contributed by atoms with van der Waals surface area (Å²) in [7, 11) is 0. The molecule has 2 N–H and O–H groups in total. The lowest BCUT2D eigenvalue weighted by Gasteiger charge is -2.34. The van der Waals surface area contributed by atoms with E-state index in [9.17, 15) is 13.2 Å². The molecule has 0 amide bonds. The quantitative estimate of drug-likeness (QED) is 0.872. The fourth-order valence-electron chi connectivity index (χ4n) is 3.07. The van der Waals surface area contributed by atoms with Crippen LogP contribution in [0.3, 0.4) is 0 Å². The summed E-state index contributed by atoms with van der Waals surface area (Å²) in [5.74, 6) is 1.37. The number of fused-ring (bicyclic) bond motifs is 1. The number of hydrogen-bond acceptors (Lipinski definition) is 3. The molecular weight excluding hydrogens is 297 g/mol. The third-order valence-corrected chi connectivity index (χ3v) is 5.52. The molecule has 1 aliphatic carbocycles. The van der Waals surface area contributed by atoms with Crippen LogP contribution in [0.1, 0.15) is 17.5 Å². The highest BCUT2D eigenvalue weighted by atomic mass is 32.2. The van der Waals surface area contributed by atoms with Crippen molar-refractivity contribution in [3.8, 4) is 12.3 Å². The van der Waals surface area contributed by atoms with Gasteiger partial charge in [0.25, 0.3) is 0 Å². The van der Waals surface area contributed by atoms with Crippen LogP contribution in [0.4, 0.5) is 13.2 Å². The Labute approximate surface area is 125 Å². The third kappa shape index (κ3) is 1.95. The van der Waals surface area contributed by atoms with Crippen LogP contribution in [-0.2, 0) is 5.54 Å². The number of amidine groups is 1. The first-order chi connectivity index (χ1) is 10.0. The molecule has 0 bridgehead atoms. The van der Waals surface area contributed by atoms with E-state index in [4.69, 9.17) is 12.2 Å². The number of thioether (sulfide) groups is 1. The van der Waals surface area contributed by atoms with Gasteiger partial charge in [-0.05, 0) is 24.6 Å². The zero-order valence-electron chi connectivity index (χ0n) is 11.1. The Morgan fingerprint density at radius 2 is 2.19 bits per heavy atom. The summed E-state index contributed by atoms with van der Waals surface area (Å²) in [4.78, 5) is 4.16. The number of hydrogen-bond donors (Lipinski definition) is 1. The van der Waals surface area contributed by atoms with E-state index < -0.39 is 35.4 Å². The van der Waals surface area contributed by atoms with Crippen molar-refractivity contribution < 1.29 is 13.2 Å². The van der Waals surface area contributed by atoms with Crippen LogP contribution in [0.15, 0.2) is 23.2 Å². The molecule has 3 atom stereocenters. The summed E-state index contributed by atoms with van der Waals surface area (Å²) >= 11 is 1.11. The third-order valence-electron chi connectivity index (χ3n) is 4.25. The van der Waals surface area contributed by atoms with Crippen LogP contribution >= 0.6 is 11.8 Å². The monoisotopic (exact) mass is 310 g/mol. The molecule has 0 radical (unpaired) electrons. The Kier molecular flexibility index (Phi) is 3.21. The van der Waals surface area contributed by atoms with E-state index in [1.54, 1.807) is 0 Å². The number of nitrogens with zero attached hydrogens (tertiary/aromatic N) is 1. The van der Waals surface area contributed by atoms with Gasteiger partial charge in [-0.2, -0.15) is 0 Å². The lowest BCUT2D eigenvalue weighted by molar-refractivity contribution is 0.257. The Hall–Kier alpha value is -1.61. The van der Waals surface area contributed by atoms with Gasteiger partial charge in [0.2, 0.25) is 0 Å². The maximum absolute atomic E-state index is 14.2. The van der Waals surface area contributed by atoms with Crippen LogP contribution in [0.5, 0.6) is 0 Å². The molecule has 2 aliphatic rings. The van der Waals surface area contributed by atoms with E-state index in [-0.39, 0.29) is 10.7 Å². The number of alkyl halides is 2. The fraction of sp³-hybridized carbons (Fsp3) is 0.400. The Balaban J connectivity index is 2.18. The normalized spacial score (nSPS) is 33.8. The molecule has 1 fully saturated rings. The highest BCUT2D eigenvalue weighted by Crippen LogP contribution is 2.66. The zero-order chi connectivity index (χ0) is 15.3. The molecule has 1 aliphatic heterocycles. The summed E-state index contributed by atoms with van der Waals surface area (Å²) in [5, 5.41) is 0.0876. The van der Waals surface area contributed by atoms with Gasteiger partial charge in [0, 0.05) is 17.0 Å². The smallest absolute Gasteiger partial charge is 0.155 e. The average molecular weight is 310 g/mol. The Morgan fingerprint density at radius 1 is 1.43 bits per heavy atom. The Morgan fingerprint density at radius 3 is 2.81 bits per heavy atom. The van der Waals surface area contributed by atoms with E-state index in [1.165, 1.54) is 18.2 Å². The van der Waals surface area contributed by atoms with Crippen LogP contribution in [0.25, 0.3) is 0 Å². The SMILES string of the molecule is C#Cc1ccc(F)c([C@@]2(CF)N=C(N)S[C@@]3(CF)C[C@H]32)c1. The van der Waals surface area contributed by atoms with E-state index in [0.29, 0.717) is 12.0 Å². The van der Waals surface area contributed by atoms with Crippen molar-refractivity contribution in [3.05, 3.63) is 35.1 Å². The minimum absolute atomic E-state index is 0.0593. The minimum atomic E-state index is -1.47. The molecule has 0 unspecified atom stereocenters. The summed E-state index contributed by atoms with van der Waals surface area (Å²) in [6, 6.07) is 4.03. The number of nitrogens with two attached hydrogens (primary N) is 1. The standard InChI is InChI=1S/C15H13F3N2S/c1-2-9-3-4-11(18)10(5-9)15(8-17)12-6-14(12,7-16)21-13(19)20-15/h1,3-5,12H,6-8H2,(H2,19,20)/t12-,14-,15-/m1/s1. The van der Waals surface area contributed by atoms with Crippen molar-refractivity contribution in [2.45, 2.75) is 16.7 Å². The van der Waals surface area contributed by atoms with E-state index in [1.807, 2.05) is 0 Å². The van der Waals surface area contributed by atoms with Crippen LogP contribution < -0.4 is 5.73 Å². The van der Waals surface area contributed by atoms with Crippen molar-refractivity contribution in [2.75, 3.05) is 13.3 Å². The first-order valence-electron chi connectivity index (χ1n) is 6.44. The van der Waals surface area contributed by atoms with Gasteiger partial charge >= 0.3 is 0 Å². The topological polar surface area (TPSA) is 38.4 Å². The van der Waals surface area contributed by atoms with Crippen molar-refractivity contribution >= 4 is 16.9 Å². The van der Waals surface area contributed by atoms with Crippen molar-refractivity contribution in [3.63, 3.8) is 0 Å². The molecule has 3 rings (SSSR count). The molecule has 6 heteroatoms. The highest BCUT2D eigenvalue weighted by molar-refractivity contribution is 8.15. The van der Waals surface area contributed by atoms with Gasteiger partial charge in [-0.1, -0.05) is 17.7 Å². The predicted octanol–water partition coefficient (Wildman–Crippen LogP) is 2.76. The molecule has 1 aromatic carbocycles. The maximum atomic E-state index is 14.2. The van der Waals surface area contributed by atoms with Gasteiger partial charge in [0.05, 0.1) is 4.75 Å². The van der Waals surface area contributed by atoms with Crippen molar-refractivity contribution in [1.82, 2.24) is 0 Å². The number of terminal acetylenes is 1. The minimum Gasteiger partial charge on any atom is -0.378 e. The van der Waals surface area contributed by atoms with Gasteiger partial charge in [0.15, 0.2) is 5.17 Å². The molecule has 2 nitrogen and oxygen atoms in total. The highest BCUT2D eigenvalue weighted by Gasteiger charge is 2.68. The Bertz CT molecular complexity index is 669. The van der Waals surface area contributed by atoms with Gasteiger partial charge < -0.3 is 5.73 Å². The molecule has 1 heterocycles. The number of benzene rings is 1. The molecule has 0 spiro atoms. The van der Waals surface area contributed by atoms with Crippen LogP contribution in [0, 0.1) is 24.1 Å². The van der Waals surface area contributed by atoms with Crippen LogP contribution in [-0.4, -0.2) is 23.3 Å². The summed E-state index contributed by atoms with van der Waals surface area (Å²) in [5.41, 5.74) is 4.75. The summed E-state index contributed by atoms with van der Waals surface area (Å²) < 4.78 is 40.7. The lowest BCUT2D eigenvalue weighted by atomic mass is 9.84. The largest absolute Gasteiger partial charge is 0.378 e. The molecule has 0 saturated heterocycles. The average Bonchev–Trinajstić information content (AvgIpc) is 3.22. The van der Waals surface area contributed by atoms with Gasteiger partial charge in [-0.25, -0.2) is 18.2 Å². The first kappa shape index (κ1) is 14.3. The summed E-state index contributed by atoms with van der Waals surface area (Å²) in [6.45, 7) is -1.58. The second-order valence-electron chi connectivity index (χ2n) is 5.40. The fourth-order valence-corrected chi connectivity index (χ4v) is 4.34. The molecule has 1 saturated carbocycles. The predicted molar refractivity (Wildman–Crippen MR) is 78.0 cm³/mol. The maximum Gasteiger partial charge on any atom is 0.155 e. The van der Waals surface area contributed by atoms with E-state index in [2.05, 4.69) is 10.9 Å². The van der Waals surface area contributed by atoms with Gasteiger partial charge in [0.1, 0.15) is 24.7 Å². The van der Waals surface area contributed by atoms with E-state index >= 15 is 0 Å². The van der Waals surface area contributed by atoms with Crippen molar-refractivity contribution in [1.29, 1.82) is 0 Å². The zero-order valence-corrected chi connectivity index (χ0v) is 11.9. The molecule has 1 aromatic rings. The number of rotatable bonds is 3. The van der Waals surface area contributed by atoms with Crippen LogP contribution in [0.2, 0.25) is 0 Å². The van der Waals surface area contributed by atoms with E-state index in [0.717, 1.165) is 11.8 Å². The lowest BCUT2D eigenvalue weighted by Crippen LogP contribution is -2.40. The molecule has 21 heavy (non-hydrogen) atoms. The molecular formula is C15H13F3N2S. The van der Waals surface area contributed by atoms with Gasteiger partial charge in [-0.3, -0.25) is 0 Å².